The Bertz CT molecular complexity index is 875. The Labute approximate surface area is 156 Å². The van der Waals surface area contributed by atoms with Gasteiger partial charge < -0.3 is 14.8 Å². The van der Waals surface area contributed by atoms with Gasteiger partial charge in [-0.1, -0.05) is 17.7 Å². The first-order chi connectivity index (χ1) is 12.9. The monoisotopic (exact) mass is 369 g/mol. The SMILES string of the molecule is COc1cc(/C=N\NC(=O)C(=O)Nc2ccc(C)cc2)ccc1OC(C)=O. The summed E-state index contributed by atoms with van der Waals surface area (Å²) in [5.74, 6) is -1.61. The minimum absolute atomic E-state index is 0.267. The molecule has 0 radical (unpaired) electrons. The topological polar surface area (TPSA) is 106 Å². The summed E-state index contributed by atoms with van der Waals surface area (Å²) in [4.78, 5) is 34.6. The maximum Gasteiger partial charge on any atom is 0.329 e. The van der Waals surface area contributed by atoms with E-state index in [0.717, 1.165) is 5.56 Å². The number of benzene rings is 2. The second-order valence-corrected chi connectivity index (χ2v) is 5.52. The van der Waals surface area contributed by atoms with Crippen LogP contribution in [0.1, 0.15) is 18.1 Å². The average molecular weight is 369 g/mol. The third kappa shape index (κ3) is 5.96. The zero-order chi connectivity index (χ0) is 19.8. The number of carbonyl (C=O) groups excluding carboxylic acids is 3. The molecule has 140 valence electrons. The summed E-state index contributed by atoms with van der Waals surface area (Å²) < 4.78 is 10.1. The van der Waals surface area contributed by atoms with Gasteiger partial charge in [0.2, 0.25) is 0 Å². The highest BCUT2D eigenvalue weighted by Gasteiger charge is 2.13. The van der Waals surface area contributed by atoms with Crippen LogP contribution in [0.2, 0.25) is 0 Å². The van der Waals surface area contributed by atoms with Crippen LogP contribution in [0.15, 0.2) is 47.6 Å². The van der Waals surface area contributed by atoms with Crippen LogP contribution in [0, 0.1) is 6.92 Å². The van der Waals surface area contributed by atoms with E-state index >= 15 is 0 Å². The number of esters is 1. The molecule has 0 unspecified atom stereocenters. The maximum absolute atomic E-state index is 11.8. The van der Waals surface area contributed by atoms with Crippen molar-refractivity contribution in [2.75, 3.05) is 12.4 Å². The lowest BCUT2D eigenvalue weighted by Crippen LogP contribution is -2.32. The molecule has 0 heterocycles. The van der Waals surface area contributed by atoms with Crippen LogP contribution in [0.5, 0.6) is 11.5 Å². The van der Waals surface area contributed by atoms with Crippen LogP contribution >= 0.6 is 0 Å². The van der Waals surface area contributed by atoms with Crippen molar-refractivity contribution in [2.45, 2.75) is 13.8 Å². The van der Waals surface area contributed by atoms with Crippen molar-refractivity contribution in [1.29, 1.82) is 0 Å². The van der Waals surface area contributed by atoms with Crippen molar-refractivity contribution in [3.05, 3.63) is 53.6 Å². The first-order valence-corrected chi connectivity index (χ1v) is 7.96. The summed E-state index contributed by atoms with van der Waals surface area (Å²) in [5, 5.41) is 6.20. The molecule has 0 aliphatic rings. The van der Waals surface area contributed by atoms with Gasteiger partial charge in [0.05, 0.1) is 13.3 Å². The van der Waals surface area contributed by atoms with Crippen molar-refractivity contribution >= 4 is 29.7 Å². The molecular formula is C19H19N3O5. The maximum atomic E-state index is 11.8. The van der Waals surface area contributed by atoms with Crippen molar-refractivity contribution in [3.8, 4) is 11.5 Å². The molecule has 0 aliphatic heterocycles. The van der Waals surface area contributed by atoms with Gasteiger partial charge in [0, 0.05) is 12.6 Å². The highest BCUT2D eigenvalue weighted by Crippen LogP contribution is 2.27. The van der Waals surface area contributed by atoms with Crippen LogP contribution in [-0.2, 0) is 14.4 Å². The normalized spacial score (nSPS) is 10.3. The zero-order valence-electron chi connectivity index (χ0n) is 15.1. The number of hydrogen-bond acceptors (Lipinski definition) is 6. The van der Waals surface area contributed by atoms with Gasteiger partial charge in [-0.3, -0.25) is 14.4 Å². The molecule has 2 aromatic carbocycles. The lowest BCUT2D eigenvalue weighted by Gasteiger charge is -2.08. The molecule has 2 rings (SSSR count). The van der Waals surface area contributed by atoms with E-state index in [9.17, 15) is 14.4 Å². The average Bonchev–Trinajstić information content (AvgIpc) is 2.64. The van der Waals surface area contributed by atoms with Gasteiger partial charge in [0.25, 0.3) is 0 Å². The first kappa shape index (κ1) is 19.6. The van der Waals surface area contributed by atoms with Gasteiger partial charge in [-0.25, -0.2) is 5.43 Å². The number of nitrogens with zero attached hydrogens (tertiary/aromatic N) is 1. The van der Waals surface area contributed by atoms with Gasteiger partial charge in [-0.2, -0.15) is 5.10 Å². The highest BCUT2D eigenvalue weighted by atomic mass is 16.6. The Balaban J connectivity index is 1.95. The number of hydrogen-bond donors (Lipinski definition) is 2. The summed E-state index contributed by atoms with van der Waals surface area (Å²) >= 11 is 0. The van der Waals surface area contributed by atoms with Crippen molar-refractivity contribution in [1.82, 2.24) is 5.43 Å². The van der Waals surface area contributed by atoms with Crippen LogP contribution in [0.25, 0.3) is 0 Å². The van der Waals surface area contributed by atoms with E-state index in [1.165, 1.54) is 26.3 Å². The standard InChI is InChI=1S/C19H19N3O5/c1-12-4-7-15(8-5-12)21-18(24)19(25)22-20-11-14-6-9-16(27-13(2)23)17(10-14)26-3/h4-11H,1-3H3,(H,21,24)(H,22,25)/b20-11-. The summed E-state index contributed by atoms with van der Waals surface area (Å²) in [5.41, 5.74) is 4.26. The predicted octanol–water partition coefficient (Wildman–Crippen LogP) is 2.02. The first-order valence-electron chi connectivity index (χ1n) is 7.96. The summed E-state index contributed by atoms with van der Waals surface area (Å²) in [6.07, 6.45) is 1.33. The van der Waals surface area contributed by atoms with Gasteiger partial charge in [0.1, 0.15) is 0 Å². The molecule has 8 heteroatoms. The molecular weight excluding hydrogens is 350 g/mol. The van der Waals surface area contributed by atoms with Gasteiger partial charge in [0.15, 0.2) is 11.5 Å². The Morgan fingerprint density at radius 2 is 1.70 bits per heavy atom. The molecule has 0 atom stereocenters. The number of aryl methyl sites for hydroxylation is 1. The van der Waals surface area contributed by atoms with Crippen LogP contribution in [0.4, 0.5) is 5.69 Å². The molecule has 27 heavy (non-hydrogen) atoms. The third-order valence-corrected chi connectivity index (χ3v) is 3.34. The van der Waals surface area contributed by atoms with Gasteiger partial charge in [-0.15, -0.1) is 0 Å². The molecule has 0 saturated heterocycles. The lowest BCUT2D eigenvalue weighted by molar-refractivity contribution is -0.136. The third-order valence-electron chi connectivity index (χ3n) is 3.34. The fourth-order valence-electron chi connectivity index (χ4n) is 2.04. The van der Waals surface area contributed by atoms with Gasteiger partial charge in [-0.05, 0) is 42.8 Å². The molecule has 0 aliphatic carbocycles. The number of methoxy groups -OCH3 is 1. The molecule has 0 fully saturated rings. The molecule has 2 aromatic rings. The van der Waals surface area contributed by atoms with E-state index in [-0.39, 0.29) is 5.75 Å². The van der Waals surface area contributed by atoms with Gasteiger partial charge >= 0.3 is 17.8 Å². The van der Waals surface area contributed by atoms with E-state index in [4.69, 9.17) is 9.47 Å². The molecule has 0 aromatic heterocycles. The van der Waals surface area contributed by atoms with Crippen LogP contribution in [0.3, 0.4) is 0 Å². The summed E-state index contributed by atoms with van der Waals surface area (Å²) in [6, 6.07) is 11.7. The lowest BCUT2D eigenvalue weighted by atomic mass is 10.2. The Morgan fingerprint density at radius 3 is 2.33 bits per heavy atom. The number of anilines is 1. The fraction of sp³-hybridized carbons (Fsp3) is 0.158. The predicted molar refractivity (Wildman–Crippen MR) is 99.8 cm³/mol. The minimum atomic E-state index is -0.907. The number of carbonyl (C=O) groups is 3. The van der Waals surface area contributed by atoms with E-state index in [1.54, 1.807) is 24.3 Å². The number of hydrazone groups is 1. The van der Waals surface area contributed by atoms with Crippen LogP contribution in [-0.4, -0.2) is 31.1 Å². The number of rotatable bonds is 5. The largest absolute Gasteiger partial charge is 0.493 e. The van der Waals surface area contributed by atoms with E-state index in [1.807, 2.05) is 19.1 Å². The Hall–Kier alpha value is -3.68. The number of nitrogens with one attached hydrogen (secondary N) is 2. The van der Waals surface area contributed by atoms with E-state index in [0.29, 0.717) is 17.0 Å². The molecule has 0 bridgehead atoms. The van der Waals surface area contributed by atoms with E-state index in [2.05, 4.69) is 15.8 Å². The fourth-order valence-corrected chi connectivity index (χ4v) is 2.04. The molecule has 0 spiro atoms. The van der Waals surface area contributed by atoms with Crippen LogP contribution < -0.4 is 20.2 Å². The highest BCUT2D eigenvalue weighted by molar-refractivity contribution is 6.39. The number of ether oxygens (including phenoxy) is 2. The smallest absolute Gasteiger partial charge is 0.329 e. The molecule has 8 nitrogen and oxygen atoms in total. The van der Waals surface area contributed by atoms with Crippen molar-refractivity contribution in [2.24, 2.45) is 5.10 Å². The van der Waals surface area contributed by atoms with Crippen molar-refractivity contribution < 1.29 is 23.9 Å². The molecule has 2 amide bonds. The zero-order valence-corrected chi connectivity index (χ0v) is 15.1. The summed E-state index contributed by atoms with van der Waals surface area (Å²) in [7, 11) is 1.43. The van der Waals surface area contributed by atoms with Crippen molar-refractivity contribution in [3.63, 3.8) is 0 Å². The minimum Gasteiger partial charge on any atom is -0.493 e. The quantitative estimate of drug-likeness (QED) is 0.276. The molecule has 0 saturated carbocycles. The Morgan fingerprint density at radius 1 is 1.00 bits per heavy atom. The second kappa shape index (κ2) is 9.14. The molecule has 2 N–H and O–H groups in total. The number of amides is 2. The summed E-state index contributed by atoms with van der Waals surface area (Å²) in [6.45, 7) is 3.20. The van der Waals surface area contributed by atoms with E-state index < -0.39 is 17.8 Å². The second-order valence-electron chi connectivity index (χ2n) is 5.52. The Kier molecular flexibility index (Phi) is 6.65.